The van der Waals surface area contributed by atoms with E-state index < -0.39 is 0 Å². The van der Waals surface area contributed by atoms with Gasteiger partial charge in [0.1, 0.15) is 0 Å². The minimum absolute atomic E-state index is 0.274. The number of rotatable bonds is 3. The highest BCUT2D eigenvalue weighted by atomic mass is 16.3. The molecule has 0 fully saturated rings. The first-order chi connectivity index (χ1) is 5.88. The Bertz CT molecular complexity index is 181. The second kappa shape index (κ2) is 4.94. The van der Waals surface area contributed by atoms with Crippen molar-refractivity contribution in [1.82, 2.24) is 0 Å². The molecule has 0 radical (unpaired) electrons. The topological polar surface area (TPSA) is 20.2 Å². The Labute approximate surface area is 74.1 Å². The molecule has 0 aromatic rings. The fourth-order valence-corrected chi connectivity index (χ4v) is 1.41. The molecule has 1 unspecified atom stereocenters. The molecule has 1 heteroatoms. The van der Waals surface area contributed by atoms with Gasteiger partial charge in [-0.25, -0.2) is 0 Å². The van der Waals surface area contributed by atoms with E-state index in [9.17, 15) is 0 Å². The molecule has 66 valence electrons. The standard InChI is InChI=1S/C11H16O/c1-2-10(9-12)11-7-5-3-4-6-8-11/h3-8,10-12H,2,9H2,1H3. The molecule has 1 aliphatic rings. The fourth-order valence-electron chi connectivity index (χ4n) is 1.41. The van der Waals surface area contributed by atoms with Crippen LogP contribution in [0.5, 0.6) is 0 Å². The van der Waals surface area contributed by atoms with Gasteiger partial charge in [0.2, 0.25) is 0 Å². The Balaban J connectivity index is 2.61. The number of aliphatic hydroxyl groups is 1. The summed E-state index contributed by atoms with van der Waals surface area (Å²) >= 11 is 0. The Morgan fingerprint density at radius 1 is 1.17 bits per heavy atom. The van der Waals surface area contributed by atoms with Crippen LogP contribution < -0.4 is 0 Å². The van der Waals surface area contributed by atoms with Gasteiger partial charge >= 0.3 is 0 Å². The monoisotopic (exact) mass is 164 g/mol. The van der Waals surface area contributed by atoms with Crippen molar-refractivity contribution in [2.45, 2.75) is 13.3 Å². The van der Waals surface area contributed by atoms with Gasteiger partial charge in [0.25, 0.3) is 0 Å². The first-order valence-corrected chi connectivity index (χ1v) is 4.51. The number of aliphatic hydroxyl groups excluding tert-OH is 1. The summed E-state index contributed by atoms with van der Waals surface area (Å²) in [5.41, 5.74) is 0. The van der Waals surface area contributed by atoms with E-state index in [2.05, 4.69) is 19.1 Å². The van der Waals surface area contributed by atoms with Crippen LogP contribution in [0.4, 0.5) is 0 Å². The molecule has 1 aliphatic carbocycles. The van der Waals surface area contributed by atoms with Gasteiger partial charge in [-0.3, -0.25) is 0 Å². The maximum atomic E-state index is 9.08. The van der Waals surface area contributed by atoms with Crippen LogP contribution in [-0.4, -0.2) is 11.7 Å². The summed E-state index contributed by atoms with van der Waals surface area (Å²) in [5.74, 6) is 0.771. The number of hydrogen-bond donors (Lipinski definition) is 1. The van der Waals surface area contributed by atoms with Crippen LogP contribution in [0.2, 0.25) is 0 Å². The van der Waals surface area contributed by atoms with Crippen molar-refractivity contribution in [1.29, 1.82) is 0 Å². The maximum Gasteiger partial charge on any atom is 0.0467 e. The highest BCUT2D eigenvalue weighted by molar-refractivity contribution is 5.19. The van der Waals surface area contributed by atoms with Gasteiger partial charge in [0, 0.05) is 12.5 Å². The lowest BCUT2D eigenvalue weighted by Crippen LogP contribution is -2.13. The van der Waals surface area contributed by atoms with E-state index in [0.29, 0.717) is 11.8 Å². The second-order valence-electron chi connectivity index (χ2n) is 3.08. The van der Waals surface area contributed by atoms with Gasteiger partial charge in [-0.15, -0.1) is 0 Å². The average Bonchev–Trinajstić information content (AvgIpc) is 2.35. The molecule has 12 heavy (non-hydrogen) atoms. The van der Waals surface area contributed by atoms with Crippen molar-refractivity contribution in [3.8, 4) is 0 Å². The zero-order valence-electron chi connectivity index (χ0n) is 7.48. The van der Waals surface area contributed by atoms with E-state index in [1.54, 1.807) is 0 Å². The minimum atomic E-state index is 0.274. The van der Waals surface area contributed by atoms with E-state index in [-0.39, 0.29) is 6.61 Å². The van der Waals surface area contributed by atoms with E-state index in [1.165, 1.54) is 0 Å². The van der Waals surface area contributed by atoms with E-state index in [4.69, 9.17) is 5.11 Å². The average molecular weight is 164 g/mol. The first-order valence-electron chi connectivity index (χ1n) is 4.51. The largest absolute Gasteiger partial charge is 0.396 e. The van der Waals surface area contributed by atoms with Crippen molar-refractivity contribution in [2.24, 2.45) is 11.8 Å². The lowest BCUT2D eigenvalue weighted by molar-refractivity contribution is 0.204. The van der Waals surface area contributed by atoms with Crippen LogP contribution in [0.3, 0.4) is 0 Å². The highest BCUT2D eigenvalue weighted by Crippen LogP contribution is 2.19. The van der Waals surface area contributed by atoms with Crippen LogP contribution in [0.15, 0.2) is 36.5 Å². The molecule has 1 atom stereocenters. The molecule has 1 rings (SSSR count). The second-order valence-corrected chi connectivity index (χ2v) is 3.08. The third-order valence-corrected chi connectivity index (χ3v) is 2.30. The van der Waals surface area contributed by atoms with Crippen LogP contribution in [0, 0.1) is 11.8 Å². The summed E-state index contributed by atoms with van der Waals surface area (Å²) in [6.07, 6.45) is 13.4. The summed E-state index contributed by atoms with van der Waals surface area (Å²) in [6, 6.07) is 0. The Morgan fingerprint density at radius 2 is 1.75 bits per heavy atom. The lowest BCUT2D eigenvalue weighted by atomic mass is 9.90. The predicted octanol–water partition coefficient (Wildman–Crippen LogP) is 2.30. The molecular formula is C11H16O. The van der Waals surface area contributed by atoms with Gasteiger partial charge in [0.15, 0.2) is 0 Å². The molecule has 0 aromatic carbocycles. The molecule has 0 saturated carbocycles. The predicted molar refractivity (Wildman–Crippen MR) is 51.8 cm³/mol. The molecule has 0 amide bonds. The molecule has 1 N–H and O–H groups in total. The molecule has 0 saturated heterocycles. The normalized spacial score (nSPS) is 19.5. The summed E-state index contributed by atoms with van der Waals surface area (Å²) in [7, 11) is 0. The molecule has 1 nitrogen and oxygen atoms in total. The molecule has 0 heterocycles. The Hall–Kier alpha value is -0.820. The molecule has 0 spiro atoms. The summed E-state index contributed by atoms with van der Waals surface area (Å²) in [4.78, 5) is 0. The molecular weight excluding hydrogens is 148 g/mol. The van der Waals surface area contributed by atoms with Gasteiger partial charge < -0.3 is 5.11 Å². The molecule has 0 bridgehead atoms. The molecule has 0 aliphatic heterocycles. The smallest absolute Gasteiger partial charge is 0.0467 e. The first kappa shape index (κ1) is 9.27. The van der Waals surface area contributed by atoms with Crippen molar-refractivity contribution >= 4 is 0 Å². The lowest BCUT2D eigenvalue weighted by Gasteiger charge is -2.17. The van der Waals surface area contributed by atoms with Crippen LogP contribution in [-0.2, 0) is 0 Å². The molecule has 0 aromatic heterocycles. The Morgan fingerprint density at radius 3 is 2.17 bits per heavy atom. The Kier molecular flexibility index (Phi) is 3.81. The van der Waals surface area contributed by atoms with E-state index >= 15 is 0 Å². The zero-order valence-corrected chi connectivity index (χ0v) is 7.48. The maximum absolute atomic E-state index is 9.08. The van der Waals surface area contributed by atoms with Gasteiger partial charge in [-0.05, 0) is 5.92 Å². The quantitative estimate of drug-likeness (QED) is 0.678. The van der Waals surface area contributed by atoms with Crippen molar-refractivity contribution < 1.29 is 5.11 Å². The van der Waals surface area contributed by atoms with Crippen LogP contribution >= 0.6 is 0 Å². The highest BCUT2D eigenvalue weighted by Gasteiger charge is 2.13. The van der Waals surface area contributed by atoms with Crippen molar-refractivity contribution in [2.75, 3.05) is 6.61 Å². The van der Waals surface area contributed by atoms with E-state index in [1.807, 2.05) is 24.3 Å². The SMILES string of the molecule is CCC(CO)C1C=CC=CC=C1. The summed E-state index contributed by atoms with van der Waals surface area (Å²) < 4.78 is 0. The van der Waals surface area contributed by atoms with Crippen molar-refractivity contribution in [3.05, 3.63) is 36.5 Å². The van der Waals surface area contributed by atoms with Gasteiger partial charge in [0.05, 0.1) is 0 Å². The number of hydrogen-bond acceptors (Lipinski definition) is 1. The van der Waals surface area contributed by atoms with Crippen LogP contribution in [0.25, 0.3) is 0 Å². The number of allylic oxidation sites excluding steroid dienone is 6. The zero-order chi connectivity index (χ0) is 8.81. The minimum Gasteiger partial charge on any atom is -0.396 e. The van der Waals surface area contributed by atoms with Crippen LogP contribution in [0.1, 0.15) is 13.3 Å². The van der Waals surface area contributed by atoms with Crippen molar-refractivity contribution in [3.63, 3.8) is 0 Å². The fraction of sp³-hybridized carbons (Fsp3) is 0.455. The van der Waals surface area contributed by atoms with Gasteiger partial charge in [-0.1, -0.05) is 49.8 Å². The summed E-state index contributed by atoms with van der Waals surface area (Å²) in [5, 5.41) is 9.08. The third kappa shape index (κ3) is 2.35. The van der Waals surface area contributed by atoms with Gasteiger partial charge in [-0.2, -0.15) is 0 Å². The summed E-state index contributed by atoms with van der Waals surface area (Å²) in [6.45, 7) is 2.39. The van der Waals surface area contributed by atoms with E-state index in [0.717, 1.165) is 6.42 Å². The third-order valence-electron chi connectivity index (χ3n) is 2.30.